The number of anilines is 1. The summed E-state index contributed by atoms with van der Waals surface area (Å²) in [7, 11) is 0. The van der Waals surface area contributed by atoms with Gasteiger partial charge in [-0.05, 0) is 48.7 Å². The van der Waals surface area contributed by atoms with Gasteiger partial charge in [-0.3, -0.25) is 4.79 Å². The van der Waals surface area contributed by atoms with Gasteiger partial charge in [0.1, 0.15) is 0 Å². The van der Waals surface area contributed by atoms with Crippen molar-refractivity contribution in [3.63, 3.8) is 0 Å². The molecule has 0 saturated heterocycles. The van der Waals surface area contributed by atoms with Crippen molar-refractivity contribution in [1.82, 2.24) is 10.2 Å². The molecule has 28 heavy (non-hydrogen) atoms. The first kappa shape index (κ1) is 17.0. The van der Waals surface area contributed by atoms with E-state index in [-0.39, 0.29) is 12.7 Å². The molecule has 0 unspecified atom stereocenters. The Morgan fingerprint density at radius 2 is 1.82 bits per heavy atom. The highest BCUT2D eigenvalue weighted by Crippen LogP contribution is 2.51. The van der Waals surface area contributed by atoms with Crippen LogP contribution in [0, 0.1) is 0 Å². The summed E-state index contributed by atoms with van der Waals surface area (Å²) >= 11 is 6.20. The SMILES string of the molecule is O=C(Nc1ccc(-c2ccccc2Cl)nn1)C1(c2ccc3c(c2)OCO3)CC1. The lowest BCUT2D eigenvalue weighted by Gasteiger charge is -2.16. The summed E-state index contributed by atoms with van der Waals surface area (Å²) in [5.41, 5.74) is 1.83. The lowest BCUT2D eigenvalue weighted by atomic mass is 9.94. The van der Waals surface area contributed by atoms with E-state index < -0.39 is 5.41 Å². The van der Waals surface area contributed by atoms with Gasteiger partial charge in [0.05, 0.1) is 16.1 Å². The van der Waals surface area contributed by atoms with Crippen LogP contribution in [0.3, 0.4) is 0 Å². The summed E-state index contributed by atoms with van der Waals surface area (Å²) in [6, 6.07) is 16.6. The fourth-order valence-electron chi connectivity index (χ4n) is 3.41. The first-order chi connectivity index (χ1) is 13.7. The maximum absolute atomic E-state index is 12.9. The van der Waals surface area contributed by atoms with Crippen LogP contribution in [-0.2, 0) is 10.2 Å². The molecule has 1 aromatic heterocycles. The standard InChI is InChI=1S/C21H16ClN3O3/c22-15-4-2-1-3-14(15)16-6-8-19(25-24-16)23-20(26)21(9-10-21)13-5-7-17-18(11-13)28-12-27-17/h1-8,11H,9-10,12H2,(H,23,25,26). The molecule has 0 bridgehead atoms. The van der Waals surface area contributed by atoms with E-state index in [1.807, 2.05) is 36.4 Å². The zero-order valence-electron chi connectivity index (χ0n) is 14.8. The van der Waals surface area contributed by atoms with Crippen LogP contribution >= 0.6 is 11.6 Å². The lowest BCUT2D eigenvalue weighted by molar-refractivity contribution is -0.118. The van der Waals surface area contributed by atoms with Gasteiger partial charge in [-0.15, -0.1) is 10.2 Å². The van der Waals surface area contributed by atoms with Gasteiger partial charge in [0.2, 0.25) is 12.7 Å². The summed E-state index contributed by atoms with van der Waals surface area (Å²) in [6.45, 7) is 0.214. The number of fused-ring (bicyclic) bond motifs is 1. The summed E-state index contributed by atoms with van der Waals surface area (Å²) in [5, 5.41) is 11.8. The van der Waals surface area contributed by atoms with Gasteiger partial charge < -0.3 is 14.8 Å². The minimum absolute atomic E-state index is 0.0915. The molecule has 1 N–H and O–H groups in total. The maximum atomic E-state index is 12.9. The number of amides is 1. The fourth-order valence-corrected chi connectivity index (χ4v) is 3.65. The molecule has 1 aliphatic carbocycles. The number of aromatic nitrogens is 2. The number of halogens is 1. The van der Waals surface area contributed by atoms with E-state index in [1.165, 1.54) is 0 Å². The van der Waals surface area contributed by atoms with Gasteiger partial charge in [-0.2, -0.15) is 0 Å². The van der Waals surface area contributed by atoms with Crippen LogP contribution in [-0.4, -0.2) is 22.9 Å². The number of benzene rings is 2. The Hall–Kier alpha value is -3.12. The zero-order valence-corrected chi connectivity index (χ0v) is 15.6. The van der Waals surface area contributed by atoms with Crippen molar-refractivity contribution in [3.05, 3.63) is 65.2 Å². The number of nitrogens with zero attached hydrogens (tertiary/aromatic N) is 2. The molecular weight excluding hydrogens is 378 g/mol. The van der Waals surface area contributed by atoms with Gasteiger partial charge in [-0.25, -0.2) is 0 Å². The van der Waals surface area contributed by atoms with Gasteiger partial charge in [0, 0.05) is 5.56 Å². The zero-order chi connectivity index (χ0) is 19.1. The van der Waals surface area contributed by atoms with E-state index in [0.717, 1.165) is 24.0 Å². The Labute approximate surface area is 166 Å². The number of hydrogen-bond acceptors (Lipinski definition) is 5. The third kappa shape index (κ3) is 2.86. The highest BCUT2D eigenvalue weighted by Gasteiger charge is 2.51. The molecule has 1 aliphatic heterocycles. The molecule has 7 heteroatoms. The van der Waals surface area contributed by atoms with Crippen LogP contribution in [0.4, 0.5) is 5.82 Å². The predicted molar refractivity (Wildman–Crippen MR) is 105 cm³/mol. The van der Waals surface area contributed by atoms with E-state index in [4.69, 9.17) is 21.1 Å². The fraction of sp³-hybridized carbons (Fsp3) is 0.190. The highest BCUT2D eigenvalue weighted by atomic mass is 35.5. The molecule has 140 valence electrons. The summed E-state index contributed by atoms with van der Waals surface area (Å²) in [6.07, 6.45) is 1.56. The van der Waals surface area contributed by atoms with Crippen molar-refractivity contribution in [1.29, 1.82) is 0 Å². The molecule has 1 amide bonds. The Kier molecular flexibility index (Phi) is 3.94. The predicted octanol–water partition coefficient (Wildman–Crippen LogP) is 4.20. The Balaban J connectivity index is 1.35. The van der Waals surface area contributed by atoms with Crippen molar-refractivity contribution in [3.8, 4) is 22.8 Å². The van der Waals surface area contributed by atoms with Gasteiger partial charge >= 0.3 is 0 Å². The van der Waals surface area contributed by atoms with Crippen molar-refractivity contribution in [2.24, 2.45) is 0 Å². The molecule has 5 rings (SSSR count). The first-order valence-electron chi connectivity index (χ1n) is 8.96. The molecule has 2 aromatic carbocycles. The van der Waals surface area contributed by atoms with Crippen LogP contribution in [0.15, 0.2) is 54.6 Å². The highest BCUT2D eigenvalue weighted by molar-refractivity contribution is 6.33. The third-order valence-electron chi connectivity index (χ3n) is 5.17. The normalized spacial score (nSPS) is 15.9. The second kappa shape index (κ2) is 6.49. The second-order valence-corrected chi connectivity index (χ2v) is 7.30. The maximum Gasteiger partial charge on any atom is 0.236 e. The van der Waals surface area contributed by atoms with Crippen molar-refractivity contribution in [2.75, 3.05) is 12.1 Å². The minimum atomic E-state index is -0.552. The number of rotatable bonds is 4. The van der Waals surface area contributed by atoms with E-state index >= 15 is 0 Å². The Morgan fingerprint density at radius 3 is 2.57 bits per heavy atom. The average Bonchev–Trinajstić information content (AvgIpc) is 3.40. The van der Waals surface area contributed by atoms with Gasteiger partial charge in [0.25, 0.3) is 0 Å². The molecular formula is C21H16ClN3O3. The van der Waals surface area contributed by atoms with E-state index in [9.17, 15) is 4.79 Å². The number of hydrogen-bond donors (Lipinski definition) is 1. The lowest BCUT2D eigenvalue weighted by Crippen LogP contribution is -2.28. The number of ether oxygens (including phenoxy) is 2. The van der Waals surface area contributed by atoms with Crippen LogP contribution < -0.4 is 14.8 Å². The first-order valence-corrected chi connectivity index (χ1v) is 9.34. The molecule has 1 fully saturated rings. The molecule has 3 aromatic rings. The quantitative estimate of drug-likeness (QED) is 0.719. The third-order valence-corrected chi connectivity index (χ3v) is 5.50. The summed E-state index contributed by atoms with van der Waals surface area (Å²) in [5.74, 6) is 1.71. The molecule has 0 radical (unpaired) electrons. The molecule has 0 atom stereocenters. The minimum Gasteiger partial charge on any atom is -0.454 e. The molecule has 0 spiro atoms. The Bertz CT molecular complexity index is 1060. The van der Waals surface area contributed by atoms with E-state index in [0.29, 0.717) is 28.0 Å². The monoisotopic (exact) mass is 393 g/mol. The second-order valence-electron chi connectivity index (χ2n) is 6.89. The van der Waals surface area contributed by atoms with Gasteiger partial charge in [-0.1, -0.05) is 35.9 Å². The van der Waals surface area contributed by atoms with Crippen molar-refractivity contribution < 1.29 is 14.3 Å². The topological polar surface area (TPSA) is 73.3 Å². The van der Waals surface area contributed by atoms with Crippen LogP contribution in [0.1, 0.15) is 18.4 Å². The van der Waals surface area contributed by atoms with Gasteiger partial charge in [0.15, 0.2) is 17.3 Å². The van der Waals surface area contributed by atoms with E-state index in [2.05, 4.69) is 15.5 Å². The van der Waals surface area contributed by atoms with Crippen LogP contribution in [0.25, 0.3) is 11.3 Å². The smallest absolute Gasteiger partial charge is 0.236 e. The summed E-state index contributed by atoms with van der Waals surface area (Å²) < 4.78 is 10.8. The number of carbonyl (C=O) groups excluding carboxylic acids is 1. The van der Waals surface area contributed by atoms with E-state index in [1.54, 1.807) is 18.2 Å². The van der Waals surface area contributed by atoms with Crippen molar-refractivity contribution >= 4 is 23.3 Å². The summed E-state index contributed by atoms with van der Waals surface area (Å²) in [4.78, 5) is 12.9. The van der Waals surface area contributed by atoms with Crippen LogP contribution in [0.5, 0.6) is 11.5 Å². The Morgan fingerprint density at radius 1 is 1.00 bits per heavy atom. The average molecular weight is 394 g/mol. The number of carbonyl (C=O) groups is 1. The largest absolute Gasteiger partial charge is 0.454 e. The molecule has 1 saturated carbocycles. The molecule has 2 aliphatic rings. The van der Waals surface area contributed by atoms with Crippen molar-refractivity contribution in [2.45, 2.75) is 18.3 Å². The molecule has 6 nitrogen and oxygen atoms in total. The van der Waals surface area contributed by atoms with Crippen LogP contribution in [0.2, 0.25) is 5.02 Å². The number of nitrogens with one attached hydrogen (secondary N) is 1. The molecule has 2 heterocycles.